The summed E-state index contributed by atoms with van der Waals surface area (Å²) in [6.45, 7) is 24.5. The summed E-state index contributed by atoms with van der Waals surface area (Å²) in [6.07, 6.45) is 6.99. The third kappa shape index (κ3) is 15.7. The van der Waals surface area contributed by atoms with Gasteiger partial charge in [-0.2, -0.15) is 0 Å². The second-order valence-corrected chi connectivity index (χ2v) is 27.2. The van der Waals surface area contributed by atoms with Crippen molar-refractivity contribution in [3.63, 3.8) is 0 Å². The Bertz CT molecular complexity index is 3460. The Balaban J connectivity index is 1.28. The summed E-state index contributed by atoms with van der Waals surface area (Å²) in [7, 11) is 0. The van der Waals surface area contributed by atoms with Gasteiger partial charge in [-0.3, -0.25) is 0 Å². The minimum atomic E-state index is -0.0862. The SMILES string of the molecule is CC(C)CCN(CCC(C)C)c1cc(C(c2ccccc2)c2ccccc2)c(N2C=[N+](c3c(C(c4ccccc4)c4ccccc4)cc(N(CCC(C)C)CCC(C)C)cc3C(c3ccccc3)c3ccccc3)CC2)c(C(c2ccccc2)c2ccccc2)c1. The standard InChI is InChI=1S/C87H97N4/c1-64(2)49-53-88(54-50-65(3)4)76-59-78(82(68-33-17-9-18-34-68)69-35-19-10-20-36-69)86(79(60-76)83(70-37-21-11-22-38-70)71-39-23-12-24-40-71)90-57-58-91(63-90)87-80(84(72-41-25-13-26-42-72)73-43-27-14-28-44-73)61-77(89(55-51-66(5)6)56-52-67(7)8)62-81(87)85(74-45-29-15-30-46-74)75-47-31-16-32-48-75/h9-48,59-67,82-85H,49-58H2,1-8H3/q+1. The van der Waals surface area contributed by atoms with Crippen LogP contribution in [0.3, 0.4) is 0 Å². The molecule has 0 aromatic heterocycles. The van der Waals surface area contributed by atoms with Gasteiger partial charge in [0.2, 0.25) is 6.34 Å². The smallest absolute Gasteiger partial charge is 0.244 e. The topological polar surface area (TPSA) is 12.7 Å². The fourth-order valence-electron chi connectivity index (χ4n) is 13.8. The van der Waals surface area contributed by atoms with Crippen molar-refractivity contribution in [2.75, 3.05) is 54.0 Å². The minimum Gasteiger partial charge on any atom is -0.371 e. The van der Waals surface area contributed by atoms with E-state index >= 15 is 0 Å². The fraction of sp³-hybridized carbons (Fsp3) is 0.299. The maximum Gasteiger partial charge on any atom is 0.244 e. The summed E-state index contributed by atoms with van der Waals surface area (Å²) in [6, 6.07) is 101. The van der Waals surface area contributed by atoms with Crippen molar-refractivity contribution in [1.29, 1.82) is 0 Å². The number of hydrogen-bond acceptors (Lipinski definition) is 3. The molecular weight excluding hydrogens is 1100 g/mol. The molecule has 464 valence electrons. The van der Waals surface area contributed by atoms with E-state index in [2.05, 4.69) is 348 Å². The van der Waals surface area contributed by atoms with E-state index in [-0.39, 0.29) is 23.7 Å². The number of benzene rings is 10. The van der Waals surface area contributed by atoms with E-state index < -0.39 is 0 Å². The quantitative estimate of drug-likeness (QED) is 0.0358. The van der Waals surface area contributed by atoms with Crippen LogP contribution in [0.15, 0.2) is 267 Å². The van der Waals surface area contributed by atoms with E-state index in [1.54, 1.807) is 0 Å². The van der Waals surface area contributed by atoms with Crippen LogP contribution in [0.5, 0.6) is 0 Å². The molecule has 4 nitrogen and oxygen atoms in total. The van der Waals surface area contributed by atoms with Crippen molar-refractivity contribution < 1.29 is 4.58 Å². The van der Waals surface area contributed by atoms with E-state index in [1.165, 1.54) is 89.5 Å². The van der Waals surface area contributed by atoms with Crippen LogP contribution in [-0.4, -0.2) is 50.2 Å². The third-order valence-electron chi connectivity index (χ3n) is 18.7. The highest BCUT2D eigenvalue weighted by atomic mass is 15.3. The zero-order valence-electron chi connectivity index (χ0n) is 55.5. The van der Waals surface area contributed by atoms with Crippen molar-refractivity contribution in [2.24, 2.45) is 23.7 Å². The molecular formula is C87H97N4+. The first-order valence-electron chi connectivity index (χ1n) is 34.1. The molecule has 91 heavy (non-hydrogen) atoms. The first-order valence-corrected chi connectivity index (χ1v) is 34.1. The first kappa shape index (κ1) is 63.8. The van der Waals surface area contributed by atoms with Gasteiger partial charge in [-0.05, 0) is 118 Å². The van der Waals surface area contributed by atoms with Crippen LogP contribution in [0, 0.1) is 23.7 Å². The van der Waals surface area contributed by atoms with Crippen LogP contribution in [0.2, 0.25) is 0 Å². The monoisotopic (exact) mass is 1200 g/mol. The molecule has 0 unspecified atom stereocenters. The minimum absolute atomic E-state index is 0.0862. The summed E-state index contributed by atoms with van der Waals surface area (Å²) >= 11 is 0. The van der Waals surface area contributed by atoms with Crippen molar-refractivity contribution in [2.45, 2.75) is 105 Å². The third-order valence-corrected chi connectivity index (χ3v) is 18.7. The molecule has 0 N–H and O–H groups in total. The molecule has 0 bridgehead atoms. The van der Waals surface area contributed by atoms with E-state index in [0.717, 1.165) is 65.0 Å². The lowest BCUT2D eigenvalue weighted by molar-refractivity contribution is -0.425. The zero-order chi connectivity index (χ0) is 63.1. The number of rotatable bonds is 28. The highest BCUT2D eigenvalue weighted by molar-refractivity contribution is 5.86. The predicted octanol–water partition coefficient (Wildman–Crippen LogP) is 21.4. The number of anilines is 3. The highest BCUT2D eigenvalue weighted by Gasteiger charge is 2.39. The van der Waals surface area contributed by atoms with Crippen molar-refractivity contribution in [3.8, 4) is 0 Å². The molecule has 10 aromatic carbocycles. The molecule has 1 aliphatic heterocycles. The van der Waals surface area contributed by atoms with E-state index in [4.69, 9.17) is 0 Å². The zero-order valence-corrected chi connectivity index (χ0v) is 55.5. The van der Waals surface area contributed by atoms with Crippen molar-refractivity contribution in [3.05, 3.63) is 334 Å². The van der Waals surface area contributed by atoms with Gasteiger partial charge < -0.3 is 9.80 Å². The maximum atomic E-state index is 2.74. The molecule has 0 aliphatic carbocycles. The molecule has 0 spiro atoms. The summed E-state index contributed by atoms with van der Waals surface area (Å²) in [5.74, 6) is 1.90. The van der Waals surface area contributed by atoms with Crippen LogP contribution < -0.4 is 14.7 Å². The highest BCUT2D eigenvalue weighted by Crippen LogP contribution is 2.51. The number of hydrogen-bond donors (Lipinski definition) is 0. The van der Waals surface area contributed by atoms with Crippen molar-refractivity contribution in [1.82, 2.24) is 0 Å². The normalized spacial score (nSPS) is 12.6. The van der Waals surface area contributed by atoms with Gasteiger partial charge in [0.25, 0.3) is 0 Å². The Morgan fingerprint density at radius 3 is 0.758 bits per heavy atom. The second kappa shape index (κ2) is 30.9. The van der Waals surface area contributed by atoms with Gasteiger partial charge in [0.05, 0.1) is 0 Å². The largest absolute Gasteiger partial charge is 0.371 e. The molecule has 1 heterocycles. The molecule has 0 fully saturated rings. The Labute approximate surface area is 546 Å². The van der Waals surface area contributed by atoms with Crippen LogP contribution >= 0.6 is 0 Å². The molecule has 1 aliphatic rings. The summed E-state index contributed by atoms with van der Waals surface area (Å²) in [5, 5.41) is 0. The van der Waals surface area contributed by atoms with Crippen LogP contribution in [0.1, 0.15) is 172 Å². The maximum absolute atomic E-state index is 2.74. The Morgan fingerprint density at radius 2 is 0.527 bits per heavy atom. The lowest BCUT2D eigenvalue weighted by Crippen LogP contribution is -2.29. The first-order chi connectivity index (χ1) is 44.5. The van der Waals surface area contributed by atoms with Crippen LogP contribution in [0.25, 0.3) is 0 Å². The lowest BCUT2D eigenvalue weighted by atomic mass is 9.78. The van der Waals surface area contributed by atoms with Gasteiger partial charge >= 0.3 is 0 Å². The number of nitrogens with zero attached hydrogens (tertiary/aromatic N) is 4. The molecule has 0 saturated carbocycles. The molecule has 11 rings (SSSR count). The Kier molecular flexibility index (Phi) is 21.6. The molecule has 0 radical (unpaired) electrons. The lowest BCUT2D eigenvalue weighted by Gasteiger charge is -2.33. The van der Waals surface area contributed by atoms with Gasteiger partial charge in [0, 0.05) is 83.5 Å². The Morgan fingerprint density at radius 1 is 0.308 bits per heavy atom. The van der Waals surface area contributed by atoms with Gasteiger partial charge in [-0.15, -0.1) is 0 Å². The summed E-state index contributed by atoms with van der Waals surface area (Å²) in [5.41, 5.74) is 20.6. The second-order valence-electron chi connectivity index (χ2n) is 27.2. The summed E-state index contributed by atoms with van der Waals surface area (Å²) < 4.78 is 2.69. The average molecular weight is 1200 g/mol. The molecule has 4 heteroatoms. The predicted molar refractivity (Wildman–Crippen MR) is 389 cm³/mol. The molecule has 10 aromatic rings. The van der Waals surface area contributed by atoms with E-state index in [9.17, 15) is 0 Å². The molecule has 0 saturated heterocycles. The Hall–Kier alpha value is -8.73. The van der Waals surface area contributed by atoms with Gasteiger partial charge in [-0.25, -0.2) is 9.48 Å². The molecule has 0 amide bonds. The molecule has 0 atom stereocenters. The average Bonchev–Trinajstić information content (AvgIpc) is 1.73. The van der Waals surface area contributed by atoms with Crippen molar-refractivity contribution >= 4 is 29.1 Å². The van der Waals surface area contributed by atoms with Gasteiger partial charge in [-0.1, -0.05) is 298 Å². The fourth-order valence-corrected chi connectivity index (χ4v) is 13.8. The van der Waals surface area contributed by atoms with Gasteiger partial charge in [0.1, 0.15) is 24.5 Å². The van der Waals surface area contributed by atoms with E-state index in [0.29, 0.717) is 23.7 Å². The van der Waals surface area contributed by atoms with Crippen LogP contribution in [0.4, 0.5) is 22.7 Å². The van der Waals surface area contributed by atoms with E-state index in [1.807, 2.05) is 0 Å². The van der Waals surface area contributed by atoms with Crippen LogP contribution in [-0.2, 0) is 0 Å². The summed E-state index contributed by atoms with van der Waals surface area (Å²) in [4.78, 5) is 8.17. The van der Waals surface area contributed by atoms with Gasteiger partial charge in [0.15, 0.2) is 0 Å².